The number of aromatic nitrogens is 4. The van der Waals surface area contributed by atoms with Crippen LogP contribution in [0.15, 0.2) is 23.3 Å². The Morgan fingerprint density at radius 3 is 2.71 bits per heavy atom. The molecule has 2 aliphatic rings. The lowest BCUT2D eigenvalue weighted by molar-refractivity contribution is 0.102. The van der Waals surface area contributed by atoms with Crippen LogP contribution in [0.1, 0.15) is 73.0 Å². The second-order valence-electron chi connectivity index (χ2n) is 6.76. The summed E-state index contributed by atoms with van der Waals surface area (Å²) in [5.41, 5.74) is 0.952. The summed E-state index contributed by atoms with van der Waals surface area (Å²) in [5, 5.41) is 7.08. The summed E-state index contributed by atoms with van der Waals surface area (Å²) in [6.07, 6.45) is 9.72. The van der Waals surface area contributed by atoms with Crippen LogP contribution in [0.25, 0.3) is 0 Å². The summed E-state index contributed by atoms with van der Waals surface area (Å²) in [6.45, 7) is 0. The number of carbonyl (C=O) groups excluding carboxylic acids is 1. The van der Waals surface area contributed by atoms with Gasteiger partial charge in [0.2, 0.25) is 11.5 Å². The number of H-pyrrole nitrogens is 1. The molecule has 126 valence electrons. The van der Waals surface area contributed by atoms with Gasteiger partial charge in [0.25, 0.3) is 5.91 Å². The molecule has 2 saturated carbocycles. The number of nitrogens with zero attached hydrogens (tertiary/aromatic N) is 3. The first-order chi connectivity index (χ1) is 11.7. The van der Waals surface area contributed by atoms with Crippen molar-refractivity contribution >= 4 is 11.9 Å². The van der Waals surface area contributed by atoms with Crippen LogP contribution < -0.4 is 10.9 Å². The minimum absolute atomic E-state index is 0.245. The molecule has 2 N–H and O–H groups in total. The Hall–Kier alpha value is -2.44. The molecule has 7 nitrogen and oxygen atoms in total. The van der Waals surface area contributed by atoms with E-state index in [9.17, 15) is 9.59 Å². The lowest BCUT2D eigenvalue weighted by Gasteiger charge is -2.21. The Balaban J connectivity index is 1.48. The Morgan fingerprint density at radius 2 is 1.96 bits per heavy atom. The van der Waals surface area contributed by atoms with Gasteiger partial charge in [0.15, 0.2) is 0 Å². The summed E-state index contributed by atoms with van der Waals surface area (Å²) in [7, 11) is 0. The fourth-order valence-corrected chi connectivity index (χ4v) is 3.34. The van der Waals surface area contributed by atoms with Gasteiger partial charge < -0.3 is 4.98 Å². The van der Waals surface area contributed by atoms with E-state index in [2.05, 4.69) is 20.4 Å². The number of amides is 1. The van der Waals surface area contributed by atoms with Crippen LogP contribution in [0, 0.1) is 0 Å². The van der Waals surface area contributed by atoms with Crippen molar-refractivity contribution in [3.63, 3.8) is 0 Å². The summed E-state index contributed by atoms with van der Waals surface area (Å²) < 4.78 is 1.85. The maximum absolute atomic E-state index is 12.4. The molecule has 2 heterocycles. The number of aromatic amines is 1. The molecule has 24 heavy (non-hydrogen) atoms. The molecule has 0 aromatic carbocycles. The number of nitrogens with one attached hydrogen (secondary N) is 2. The third-order valence-electron chi connectivity index (χ3n) is 4.83. The number of pyridine rings is 1. The van der Waals surface area contributed by atoms with E-state index in [-0.39, 0.29) is 11.5 Å². The second kappa shape index (κ2) is 6.22. The molecular weight excluding hydrogens is 306 g/mol. The Labute approximate surface area is 139 Å². The zero-order valence-corrected chi connectivity index (χ0v) is 13.5. The van der Waals surface area contributed by atoms with Crippen LogP contribution in [0.5, 0.6) is 0 Å². The number of rotatable bonds is 4. The van der Waals surface area contributed by atoms with Crippen molar-refractivity contribution in [1.82, 2.24) is 19.7 Å². The van der Waals surface area contributed by atoms with Crippen molar-refractivity contribution in [2.24, 2.45) is 0 Å². The van der Waals surface area contributed by atoms with Crippen LogP contribution in [0.2, 0.25) is 0 Å². The van der Waals surface area contributed by atoms with E-state index in [0.29, 0.717) is 23.5 Å². The smallest absolute Gasteiger partial charge is 0.258 e. The van der Waals surface area contributed by atoms with Gasteiger partial charge in [0.1, 0.15) is 6.33 Å². The molecule has 2 aromatic rings. The van der Waals surface area contributed by atoms with E-state index in [1.54, 1.807) is 12.4 Å². The van der Waals surface area contributed by atoms with Gasteiger partial charge in [0.05, 0.1) is 6.04 Å². The van der Waals surface area contributed by atoms with Gasteiger partial charge in [-0.2, -0.15) is 0 Å². The largest absolute Gasteiger partial charge is 0.326 e. The molecular formula is C17H21N5O2. The molecule has 0 radical (unpaired) electrons. The van der Waals surface area contributed by atoms with E-state index < -0.39 is 0 Å². The monoisotopic (exact) mass is 327 g/mol. The zero-order chi connectivity index (χ0) is 16.5. The third-order valence-corrected chi connectivity index (χ3v) is 4.83. The number of carbonyl (C=O) groups is 1. The predicted molar refractivity (Wildman–Crippen MR) is 89.1 cm³/mol. The summed E-state index contributed by atoms with van der Waals surface area (Å²) in [6, 6.07) is 3.45. The molecule has 0 aliphatic heterocycles. The normalized spacial score (nSPS) is 18.5. The van der Waals surface area contributed by atoms with Crippen LogP contribution >= 0.6 is 0 Å². The van der Waals surface area contributed by atoms with E-state index in [1.807, 2.05) is 4.68 Å². The highest BCUT2D eigenvalue weighted by Crippen LogP contribution is 2.38. The van der Waals surface area contributed by atoms with E-state index >= 15 is 0 Å². The van der Waals surface area contributed by atoms with E-state index in [0.717, 1.165) is 31.4 Å². The van der Waals surface area contributed by atoms with Gasteiger partial charge in [-0.3, -0.25) is 14.9 Å². The predicted octanol–water partition coefficient (Wildman–Crippen LogP) is 2.60. The minimum Gasteiger partial charge on any atom is -0.326 e. The Morgan fingerprint density at radius 1 is 1.17 bits per heavy atom. The summed E-state index contributed by atoms with van der Waals surface area (Å²) in [4.78, 5) is 31.1. The van der Waals surface area contributed by atoms with Crippen LogP contribution in [0.3, 0.4) is 0 Å². The molecule has 7 heteroatoms. The van der Waals surface area contributed by atoms with Gasteiger partial charge in [0, 0.05) is 17.3 Å². The molecule has 1 amide bonds. The molecule has 2 aliphatic carbocycles. The minimum atomic E-state index is -0.343. The van der Waals surface area contributed by atoms with E-state index in [4.69, 9.17) is 0 Å². The van der Waals surface area contributed by atoms with Crippen molar-refractivity contribution < 1.29 is 4.79 Å². The quantitative estimate of drug-likeness (QED) is 0.902. The first-order valence-corrected chi connectivity index (χ1v) is 8.66. The zero-order valence-electron chi connectivity index (χ0n) is 13.5. The molecule has 0 atom stereocenters. The third kappa shape index (κ3) is 3.25. The summed E-state index contributed by atoms with van der Waals surface area (Å²) >= 11 is 0. The first-order valence-electron chi connectivity index (χ1n) is 8.66. The van der Waals surface area contributed by atoms with Crippen molar-refractivity contribution in [2.45, 2.75) is 56.9 Å². The first kappa shape index (κ1) is 15.1. The van der Waals surface area contributed by atoms with E-state index in [1.165, 1.54) is 25.3 Å². The Kier molecular flexibility index (Phi) is 3.92. The highest BCUT2D eigenvalue weighted by Gasteiger charge is 2.25. The second-order valence-corrected chi connectivity index (χ2v) is 6.76. The average molecular weight is 327 g/mol. The van der Waals surface area contributed by atoms with Gasteiger partial charge in [-0.05, 0) is 37.7 Å². The number of hydrogen-bond acceptors (Lipinski definition) is 4. The number of hydrogen-bond donors (Lipinski definition) is 2. The van der Waals surface area contributed by atoms with Gasteiger partial charge >= 0.3 is 0 Å². The maximum Gasteiger partial charge on any atom is 0.258 e. The lowest BCUT2D eigenvalue weighted by atomic mass is 9.96. The topological polar surface area (TPSA) is 92.7 Å². The standard InChI is InChI=1S/C17H21N5O2/c23-15-9-12(8-14(19-15)11-6-7-11)16(24)20-17-18-10-22(21-17)13-4-2-1-3-5-13/h8-11,13H,1-7H2,(H,19,23)(H,20,21,24). The fraction of sp³-hybridized carbons (Fsp3) is 0.529. The maximum atomic E-state index is 12.4. The van der Waals surface area contributed by atoms with Crippen LogP contribution in [-0.2, 0) is 0 Å². The van der Waals surface area contributed by atoms with Crippen LogP contribution in [0.4, 0.5) is 5.95 Å². The molecule has 2 fully saturated rings. The highest BCUT2D eigenvalue weighted by atomic mass is 16.2. The van der Waals surface area contributed by atoms with Gasteiger partial charge in [-0.15, -0.1) is 5.10 Å². The lowest BCUT2D eigenvalue weighted by Crippen LogP contribution is -2.18. The molecule has 0 unspecified atom stereocenters. The fourth-order valence-electron chi connectivity index (χ4n) is 3.34. The average Bonchev–Trinajstić information content (AvgIpc) is 3.35. The molecule has 2 aromatic heterocycles. The van der Waals surface area contributed by atoms with Crippen molar-refractivity contribution in [3.8, 4) is 0 Å². The molecule has 0 bridgehead atoms. The van der Waals surface area contributed by atoms with Gasteiger partial charge in [-0.1, -0.05) is 19.3 Å². The summed E-state index contributed by atoms with van der Waals surface area (Å²) in [5.74, 6) is 0.331. The van der Waals surface area contributed by atoms with Crippen molar-refractivity contribution in [1.29, 1.82) is 0 Å². The number of anilines is 1. The molecule has 0 saturated heterocycles. The Bertz CT molecular complexity index is 799. The molecule has 0 spiro atoms. The van der Waals surface area contributed by atoms with Crippen molar-refractivity contribution in [2.75, 3.05) is 5.32 Å². The highest BCUT2D eigenvalue weighted by molar-refractivity contribution is 6.03. The van der Waals surface area contributed by atoms with Gasteiger partial charge in [-0.25, -0.2) is 9.67 Å². The molecule has 4 rings (SSSR count). The SMILES string of the molecule is O=C(Nc1ncn(C2CCCCC2)n1)c1cc(C2CC2)[nH]c(=O)c1. The van der Waals surface area contributed by atoms with Crippen molar-refractivity contribution in [3.05, 3.63) is 40.1 Å². The van der Waals surface area contributed by atoms with Crippen LogP contribution in [-0.4, -0.2) is 25.7 Å².